The highest BCUT2D eigenvalue weighted by atomic mass is 16.3. The molecule has 1 aromatic heterocycles. The second kappa shape index (κ2) is 6.61. The summed E-state index contributed by atoms with van der Waals surface area (Å²) in [6.07, 6.45) is 1.48. The molecule has 1 unspecified atom stereocenters. The number of hydrogen-bond donors (Lipinski definition) is 1. The van der Waals surface area contributed by atoms with Crippen molar-refractivity contribution in [3.8, 4) is 0 Å². The molecule has 27 heavy (non-hydrogen) atoms. The molecule has 0 radical (unpaired) electrons. The minimum absolute atomic E-state index is 0.0163. The van der Waals surface area contributed by atoms with Crippen LogP contribution in [-0.4, -0.2) is 16.8 Å². The van der Waals surface area contributed by atoms with Crippen LogP contribution in [0.3, 0.4) is 0 Å². The maximum Gasteiger partial charge on any atom is 0.300 e. The fourth-order valence-corrected chi connectivity index (χ4v) is 3.34. The molecule has 0 bridgehead atoms. The Hall–Kier alpha value is -3.60. The molecule has 2 aromatic carbocycles. The monoisotopic (exact) mass is 359 g/mol. The molecule has 1 N–H and O–H groups in total. The maximum absolute atomic E-state index is 12.9. The number of anilines is 1. The first-order chi connectivity index (χ1) is 13.1. The number of hydrogen-bond acceptors (Lipinski definition) is 4. The Morgan fingerprint density at radius 3 is 2.44 bits per heavy atom. The number of aliphatic hydroxyl groups is 1. The first kappa shape index (κ1) is 16.8. The van der Waals surface area contributed by atoms with E-state index in [1.807, 2.05) is 31.2 Å². The minimum Gasteiger partial charge on any atom is -0.507 e. The molecule has 0 spiro atoms. The minimum atomic E-state index is -0.831. The van der Waals surface area contributed by atoms with Gasteiger partial charge in [-0.15, -0.1) is 0 Å². The van der Waals surface area contributed by atoms with Crippen LogP contribution < -0.4 is 4.90 Å². The lowest BCUT2D eigenvalue weighted by atomic mass is 9.99. The van der Waals surface area contributed by atoms with Gasteiger partial charge in [0.1, 0.15) is 17.6 Å². The summed E-state index contributed by atoms with van der Waals surface area (Å²) < 4.78 is 5.52. The molecular formula is C22H17NO4. The van der Waals surface area contributed by atoms with Crippen molar-refractivity contribution in [3.05, 3.63) is 95.5 Å². The van der Waals surface area contributed by atoms with Crippen molar-refractivity contribution < 1.29 is 19.1 Å². The molecule has 1 amide bonds. The summed E-state index contributed by atoms with van der Waals surface area (Å²) in [6.45, 7) is 1.91. The number of amides is 1. The van der Waals surface area contributed by atoms with Gasteiger partial charge in [0.25, 0.3) is 11.7 Å². The Labute approximate surface area is 156 Å². The van der Waals surface area contributed by atoms with E-state index in [1.54, 1.807) is 42.5 Å². The maximum atomic E-state index is 12.9. The normalized spacial score (nSPS) is 18.9. The van der Waals surface area contributed by atoms with Gasteiger partial charge < -0.3 is 9.52 Å². The van der Waals surface area contributed by atoms with E-state index in [9.17, 15) is 14.7 Å². The second-order valence-corrected chi connectivity index (χ2v) is 6.39. The van der Waals surface area contributed by atoms with Gasteiger partial charge in [-0.1, -0.05) is 42.5 Å². The summed E-state index contributed by atoms with van der Waals surface area (Å²) >= 11 is 0. The van der Waals surface area contributed by atoms with Crippen LogP contribution in [0.2, 0.25) is 0 Å². The molecule has 1 fully saturated rings. The van der Waals surface area contributed by atoms with E-state index in [1.165, 1.54) is 11.2 Å². The van der Waals surface area contributed by atoms with Crippen LogP contribution in [0.25, 0.3) is 5.76 Å². The largest absolute Gasteiger partial charge is 0.507 e. The molecule has 1 aliphatic heterocycles. The zero-order valence-corrected chi connectivity index (χ0v) is 14.6. The fourth-order valence-electron chi connectivity index (χ4n) is 3.34. The zero-order chi connectivity index (χ0) is 19.0. The van der Waals surface area contributed by atoms with E-state index >= 15 is 0 Å². The third-order valence-corrected chi connectivity index (χ3v) is 4.58. The molecule has 5 heteroatoms. The lowest BCUT2D eigenvalue weighted by molar-refractivity contribution is -0.132. The zero-order valence-electron chi connectivity index (χ0n) is 14.6. The molecule has 5 nitrogen and oxygen atoms in total. The second-order valence-electron chi connectivity index (χ2n) is 6.39. The Bertz CT molecular complexity index is 1040. The highest BCUT2D eigenvalue weighted by molar-refractivity contribution is 6.51. The van der Waals surface area contributed by atoms with Gasteiger partial charge in [-0.2, -0.15) is 0 Å². The molecule has 0 aliphatic carbocycles. The van der Waals surface area contributed by atoms with E-state index in [-0.39, 0.29) is 11.3 Å². The number of ketones is 1. The molecule has 1 atom stereocenters. The number of furan rings is 1. The topological polar surface area (TPSA) is 70.8 Å². The predicted octanol–water partition coefficient (Wildman–Crippen LogP) is 4.21. The number of nitrogens with zero attached hydrogens (tertiary/aromatic N) is 1. The van der Waals surface area contributed by atoms with Crippen LogP contribution >= 0.6 is 0 Å². The van der Waals surface area contributed by atoms with Gasteiger partial charge in [0, 0.05) is 11.3 Å². The number of benzene rings is 2. The quantitative estimate of drug-likeness (QED) is 0.432. The Morgan fingerprint density at radius 2 is 1.78 bits per heavy atom. The van der Waals surface area contributed by atoms with Gasteiger partial charge in [-0.05, 0) is 36.8 Å². The van der Waals surface area contributed by atoms with Crippen molar-refractivity contribution in [2.45, 2.75) is 13.0 Å². The van der Waals surface area contributed by atoms with Crippen molar-refractivity contribution >= 4 is 23.1 Å². The third kappa shape index (κ3) is 2.83. The first-order valence-corrected chi connectivity index (χ1v) is 8.54. The number of carbonyl (C=O) groups is 2. The van der Waals surface area contributed by atoms with Crippen molar-refractivity contribution in [1.82, 2.24) is 0 Å². The lowest BCUT2D eigenvalue weighted by Gasteiger charge is -2.23. The average Bonchev–Trinajstić information content (AvgIpc) is 3.29. The average molecular weight is 359 g/mol. The highest BCUT2D eigenvalue weighted by Gasteiger charge is 2.48. The van der Waals surface area contributed by atoms with Gasteiger partial charge in [0.05, 0.1) is 11.8 Å². The number of Topliss-reactive ketones (excluding diaryl/α,β-unsaturated/α-hetero) is 1. The van der Waals surface area contributed by atoms with Crippen LogP contribution in [0.1, 0.15) is 22.9 Å². The van der Waals surface area contributed by atoms with Crippen molar-refractivity contribution in [2.75, 3.05) is 4.90 Å². The molecule has 3 aromatic rings. The van der Waals surface area contributed by atoms with Crippen molar-refractivity contribution in [3.63, 3.8) is 0 Å². The van der Waals surface area contributed by atoms with Crippen LogP contribution in [0.5, 0.6) is 0 Å². The Kier molecular flexibility index (Phi) is 4.12. The summed E-state index contributed by atoms with van der Waals surface area (Å²) in [7, 11) is 0. The van der Waals surface area contributed by atoms with Gasteiger partial charge in [-0.3, -0.25) is 14.5 Å². The van der Waals surface area contributed by atoms with Gasteiger partial charge in [0.2, 0.25) is 0 Å². The van der Waals surface area contributed by atoms with E-state index < -0.39 is 17.7 Å². The highest BCUT2D eigenvalue weighted by Crippen LogP contribution is 2.42. The summed E-state index contributed by atoms with van der Waals surface area (Å²) in [6, 6.07) is 18.6. The van der Waals surface area contributed by atoms with E-state index in [2.05, 4.69) is 0 Å². The van der Waals surface area contributed by atoms with Crippen molar-refractivity contribution in [1.29, 1.82) is 0 Å². The van der Waals surface area contributed by atoms with Crippen LogP contribution in [0.4, 0.5) is 5.69 Å². The smallest absolute Gasteiger partial charge is 0.300 e. The molecule has 2 heterocycles. The van der Waals surface area contributed by atoms with Gasteiger partial charge >= 0.3 is 0 Å². The molecule has 1 aliphatic rings. The fraction of sp³-hybridized carbons (Fsp3) is 0.0909. The SMILES string of the molecule is Cc1cccc(N2C(=O)C(=O)/C(=C(\O)c3ccccc3)C2c2ccco2)c1. The van der Waals surface area contributed by atoms with Gasteiger partial charge in [0.15, 0.2) is 0 Å². The Morgan fingerprint density at radius 1 is 1.00 bits per heavy atom. The summed E-state index contributed by atoms with van der Waals surface area (Å²) in [5, 5.41) is 10.8. The van der Waals surface area contributed by atoms with E-state index in [4.69, 9.17) is 4.42 Å². The van der Waals surface area contributed by atoms with Gasteiger partial charge in [-0.25, -0.2) is 0 Å². The molecular weight excluding hydrogens is 342 g/mol. The molecule has 134 valence electrons. The Balaban J connectivity index is 1.94. The van der Waals surface area contributed by atoms with Crippen molar-refractivity contribution in [2.24, 2.45) is 0 Å². The molecule has 0 saturated carbocycles. The summed E-state index contributed by atoms with van der Waals surface area (Å²) in [5.74, 6) is -1.24. The summed E-state index contributed by atoms with van der Waals surface area (Å²) in [5.41, 5.74) is 2.01. The van der Waals surface area contributed by atoms with E-state index in [0.717, 1.165) is 5.56 Å². The number of aliphatic hydroxyl groups excluding tert-OH is 1. The third-order valence-electron chi connectivity index (χ3n) is 4.58. The van der Waals surface area contributed by atoms with Crippen LogP contribution in [0, 0.1) is 6.92 Å². The molecule has 4 rings (SSSR count). The first-order valence-electron chi connectivity index (χ1n) is 8.54. The number of aryl methyl sites for hydroxylation is 1. The van der Waals surface area contributed by atoms with Crippen LogP contribution in [-0.2, 0) is 9.59 Å². The lowest BCUT2D eigenvalue weighted by Crippen LogP contribution is -2.29. The predicted molar refractivity (Wildman–Crippen MR) is 101 cm³/mol. The number of carbonyl (C=O) groups excluding carboxylic acids is 2. The molecule has 1 saturated heterocycles. The summed E-state index contributed by atoms with van der Waals surface area (Å²) in [4.78, 5) is 27.1. The van der Waals surface area contributed by atoms with Crippen LogP contribution in [0.15, 0.2) is 83.0 Å². The van der Waals surface area contributed by atoms with E-state index in [0.29, 0.717) is 17.0 Å². The number of rotatable bonds is 3. The standard InChI is InChI=1S/C22H17NO4/c1-14-7-5-10-16(13-14)23-19(17-11-6-12-27-17)18(21(25)22(23)26)20(24)15-8-3-2-4-9-15/h2-13,19,24H,1H3/b20-18-.